The first-order valence-corrected chi connectivity index (χ1v) is 15.0. The number of hydrogen-bond acceptors (Lipinski definition) is 6. The Bertz CT molecular complexity index is 283. The number of aliphatic hydroxyl groups excluding tert-OH is 4. The molecule has 1 aliphatic rings. The molecule has 1 rings (SSSR count). The topological polar surface area (TPSA) is 99.4 Å². The van der Waals surface area contributed by atoms with Crippen LogP contribution in [-0.4, -0.2) is 77.6 Å². The standard InChI is InChI=1S/C13H28GeO6/c1-14(2,3)6-4-5-7-19-8-9-10(15)11(16)12(17)13(18)20-9/h9-13,15-18H,4-8H2,1-3H3. The monoisotopic (exact) mass is 354 g/mol. The molecule has 0 bridgehead atoms. The van der Waals surface area contributed by atoms with E-state index in [1.807, 2.05) is 0 Å². The fraction of sp³-hybridized carbons (Fsp3) is 1.00. The van der Waals surface area contributed by atoms with Crippen molar-refractivity contribution in [3.05, 3.63) is 0 Å². The zero-order valence-corrected chi connectivity index (χ0v) is 14.6. The number of unbranched alkanes of at least 4 members (excludes halogenated alkanes) is 1. The number of hydrogen-bond donors (Lipinski definition) is 4. The van der Waals surface area contributed by atoms with Gasteiger partial charge in [-0.05, 0) is 0 Å². The molecule has 0 amide bonds. The van der Waals surface area contributed by atoms with Crippen molar-refractivity contribution < 1.29 is 29.9 Å². The number of aliphatic hydroxyl groups is 4. The van der Waals surface area contributed by atoms with Gasteiger partial charge >= 0.3 is 122 Å². The number of rotatable bonds is 7. The van der Waals surface area contributed by atoms with Gasteiger partial charge in [0.2, 0.25) is 0 Å². The van der Waals surface area contributed by atoms with Crippen molar-refractivity contribution in [2.75, 3.05) is 13.2 Å². The fourth-order valence-corrected chi connectivity index (χ4v) is 4.88. The molecule has 4 N–H and O–H groups in total. The van der Waals surface area contributed by atoms with E-state index in [2.05, 4.69) is 17.3 Å². The van der Waals surface area contributed by atoms with Crippen molar-refractivity contribution in [3.8, 4) is 0 Å². The molecule has 0 aliphatic carbocycles. The van der Waals surface area contributed by atoms with Crippen LogP contribution in [0.15, 0.2) is 0 Å². The Labute approximate surface area is 123 Å². The van der Waals surface area contributed by atoms with Crippen LogP contribution in [0.2, 0.25) is 22.5 Å². The summed E-state index contributed by atoms with van der Waals surface area (Å²) in [5, 5.41) is 39.3. The normalized spacial score (nSPS) is 35.2. The average molecular weight is 353 g/mol. The molecule has 5 unspecified atom stereocenters. The van der Waals surface area contributed by atoms with Gasteiger partial charge < -0.3 is 0 Å². The van der Waals surface area contributed by atoms with Crippen molar-refractivity contribution in [3.63, 3.8) is 0 Å². The predicted molar refractivity (Wildman–Crippen MR) is 77.1 cm³/mol. The first kappa shape index (κ1) is 18.4. The van der Waals surface area contributed by atoms with Crippen molar-refractivity contribution in [2.45, 2.75) is 66.1 Å². The molecule has 1 fully saturated rings. The van der Waals surface area contributed by atoms with E-state index in [1.54, 1.807) is 0 Å². The van der Waals surface area contributed by atoms with E-state index >= 15 is 0 Å². The Kier molecular flexibility index (Phi) is 7.41. The van der Waals surface area contributed by atoms with Gasteiger partial charge in [0.05, 0.1) is 0 Å². The molecule has 1 saturated heterocycles. The summed E-state index contributed by atoms with van der Waals surface area (Å²) in [6.07, 6.45) is -4.36. The second-order valence-corrected chi connectivity index (χ2v) is 18.4. The third kappa shape index (κ3) is 5.97. The summed E-state index contributed by atoms with van der Waals surface area (Å²) in [5.74, 6) is 7.13. The van der Waals surface area contributed by atoms with Gasteiger partial charge in [-0.15, -0.1) is 0 Å². The van der Waals surface area contributed by atoms with Crippen LogP contribution in [0.25, 0.3) is 0 Å². The van der Waals surface area contributed by atoms with Gasteiger partial charge in [-0.25, -0.2) is 0 Å². The maximum atomic E-state index is 9.72. The molecule has 6 nitrogen and oxygen atoms in total. The van der Waals surface area contributed by atoms with Gasteiger partial charge in [-0.3, -0.25) is 0 Å². The third-order valence-corrected chi connectivity index (χ3v) is 7.32. The van der Waals surface area contributed by atoms with Gasteiger partial charge in [0.25, 0.3) is 0 Å². The first-order valence-electron chi connectivity index (χ1n) is 7.18. The minimum atomic E-state index is -1.49. The Hall–Kier alpha value is 0.303. The SMILES string of the molecule is [CH3][Ge]([CH3])([CH3])[CH2]CCCOCC1OC(O)C(O)C(O)C1O. The molecule has 7 heteroatoms. The molecule has 5 atom stereocenters. The second-order valence-electron chi connectivity index (χ2n) is 6.63. The molecule has 0 radical (unpaired) electrons. The molecule has 0 aromatic rings. The van der Waals surface area contributed by atoms with Crippen LogP contribution >= 0.6 is 0 Å². The maximum absolute atomic E-state index is 9.72. The zero-order chi connectivity index (χ0) is 15.3. The Morgan fingerprint density at radius 1 is 0.950 bits per heavy atom. The Morgan fingerprint density at radius 3 is 2.20 bits per heavy atom. The summed E-state index contributed by atoms with van der Waals surface area (Å²) in [6.45, 7) is 0.665. The molecule has 1 aliphatic heterocycles. The Balaban J connectivity index is 2.18. The van der Waals surface area contributed by atoms with E-state index in [0.29, 0.717) is 6.61 Å². The van der Waals surface area contributed by atoms with Gasteiger partial charge in [0.15, 0.2) is 0 Å². The van der Waals surface area contributed by atoms with Crippen LogP contribution < -0.4 is 0 Å². The molecule has 0 aromatic carbocycles. The van der Waals surface area contributed by atoms with Crippen molar-refractivity contribution in [1.29, 1.82) is 0 Å². The van der Waals surface area contributed by atoms with Crippen LogP contribution in [0.1, 0.15) is 12.8 Å². The van der Waals surface area contributed by atoms with E-state index in [4.69, 9.17) is 9.47 Å². The predicted octanol–water partition coefficient (Wildman–Crippen LogP) is -0.0787. The zero-order valence-electron chi connectivity index (χ0n) is 12.5. The van der Waals surface area contributed by atoms with Crippen LogP contribution in [0.4, 0.5) is 0 Å². The quantitative estimate of drug-likeness (QED) is 0.378. The van der Waals surface area contributed by atoms with E-state index in [0.717, 1.165) is 12.8 Å². The van der Waals surface area contributed by atoms with Gasteiger partial charge in [-0.1, -0.05) is 0 Å². The van der Waals surface area contributed by atoms with Gasteiger partial charge in [-0.2, -0.15) is 0 Å². The second kappa shape index (κ2) is 8.07. The van der Waals surface area contributed by atoms with Crippen LogP contribution in [0.5, 0.6) is 0 Å². The Morgan fingerprint density at radius 2 is 1.60 bits per heavy atom. The molecule has 20 heavy (non-hydrogen) atoms. The van der Waals surface area contributed by atoms with Crippen molar-refractivity contribution >= 4 is 13.3 Å². The summed E-state index contributed by atoms with van der Waals surface area (Å²) in [5.41, 5.74) is 0. The number of ether oxygens (including phenoxy) is 2. The molecule has 120 valence electrons. The van der Waals surface area contributed by atoms with Crippen LogP contribution in [0.3, 0.4) is 0 Å². The summed E-state index contributed by atoms with van der Waals surface area (Å²) < 4.78 is 10.4. The first-order chi connectivity index (χ1) is 9.22. The van der Waals surface area contributed by atoms with E-state index in [9.17, 15) is 20.4 Å². The van der Waals surface area contributed by atoms with E-state index < -0.39 is 44.0 Å². The summed E-state index contributed by atoms with van der Waals surface area (Å²) in [6, 6.07) is 0. The summed E-state index contributed by atoms with van der Waals surface area (Å²) in [7, 11) is 0. The van der Waals surface area contributed by atoms with Crippen LogP contribution in [-0.2, 0) is 9.47 Å². The molecule has 1 heterocycles. The van der Waals surface area contributed by atoms with Crippen molar-refractivity contribution in [1.82, 2.24) is 0 Å². The summed E-state index contributed by atoms with van der Waals surface area (Å²) in [4.78, 5) is 0. The third-order valence-electron chi connectivity index (χ3n) is 3.43. The minimum absolute atomic E-state index is 0.0962. The molecule has 0 saturated carbocycles. The van der Waals surface area contributed by atoms with Crippen LogP contribution in [0, 0.1) is 0 Å². The average Bonchev–Trinajstić information content (AvgIpc) is 2.35. The van der Waals surface area contributed by atoms with Crippen molar-refractivity contribution in [2.24, 2.45) is 0 Å². The van der Waals surface area contributed by atoms with E-state index in [1.165, 1.54) is 5.25 Å². The molecular weight excluding hydrogens is 325 g/mol. The molecule has 0 aromatic heterocycles. The fourth-order valence-electron chi connectivity index (χ4n) is 2.13. The molecule has 0 spiro atoms. The summed E-state index contributed by atoms with van der Waals surface area (Å²) >= 11 is -1.46. The molecular formula is C13H28GeO6. The van der Waals surface area contributed by atoms with Gasteiger partial charge in [0, 0.05) is 0 Å². The van der Waals surface area contributed by atoms with Gasteiger partial charge in [0.1, 0.15) is 0 Å². The van der Waals surface area contributed by atoms with E-state index in [-0.39, 0.29) is 6.61 Å².